The summed E-state index contributed by atoms with van der Waals surface area (Å²) in [6.45, 7) is 4.58. The minimum atomic E-state index is -0.454. The standard InChI is InChI=1S/C17H22N2O3/c1-11-15(13-7-4-5-8-14(13)22-3)16(17(18)21)12(2)19(11)9-6-10-20/h4-5,7-8,20H,6,9-10H2,1-3H3,(H2,18,21). The third-order valence-corrected chi connectivity index (χ3v) is 3.95. The molecule has 1 amide bonds. The molecule has 0 saturated carbocycles. The molecular weight excluding hydrogens is 280 g/mol. The van der Waals surface area contributed by atoms with Crippen LogP contribution >= 0.6 is 0 Å². The Morgan fingerprint density at radius 2 is 1.95 bits per heavy atom. The Kier molecular flexibility index (Phi) is 4.88. The molecule has 1 aromatic carbocycles. The van der Waals surface area contributed by atoms with Crippen LogP contribution in [0.3, 0.4) is 0 Å². The zero-order valence-electron chi connectivity index (χ0n) is 13.2. The highest BCUT2D eigenvalue weighted by atomic mass is 16.5. The van der Waals surface area contributed by atoms with Crippen LogP contribution in [0.15, 0.2) is 24.3 Å². The summed E-state index contributed by atoms with van der Waals surface area (Å²) in [6.07, 6.45) is 0.625. The summed E-state index contributed by atoms with van der Waals surface area (Å²) in [5, 5.41) is 9.07. The van der Waals surface area contributed by atoms with E-state index in [1.807, 2.05) is 42.7 Å². The van der Waals surface area contributed by atoms with Crippen LogP contribution in [0.25, 0.3) is 11.1 Å². The highest BCUT2D eigenvalue weighted by Gasteiger charge is 2.24. The third-order valence-electron chi connectivity index (χ3n) is 3.95. The molecule has 5 nitrogen and oxygen atoms in total. The Morgan fingerprint density at radius 1 is 1.27 bits per heavy atom. The maximum Gasteiger partial charge on any atom is 0.251 e. The fourth-order valence-corrected chi connectivity index (χ4v) is 2.93. The number of carbonyl (C=O) groups is 1. The van der Waals surface area contributed by atoms with Gasteiger partial charge in [0.2, 0.25) is 0 Å². The maximum atomic E-state index is 12.0. The van der Waals surface area contributed by atoms with E-state index in [0.29, 0.717) is 24.3 Å². The number of benzene rings is 1. The van der Waals surface area contributed by atoms with Crippen LogP contribution in [0.1, 0.15) is 28.2 Å². The van der Waals surface area contributed by atoms with Crippen LogP contribution in [0.4, 0.5) is 0 Å². The molecule has 1 heterocycles. The smallest absolute Gasteiger partial charge is 0.251 e. The largest absolute Gasteiger partial charge is 0.496 e. The summed E-state index contributed by atoms with van der Waals surface area (Å²) >= 11 is 0. The number of para-hydroxylation sites is 1. The van der Waals surface area contributed by atoms with Gasteiger partial charge in [0, 0.05) is 35.7 Å². The van der Waals surface area contributed by atoms with Crippen molar-refractivity contribution < 1.29 is 14.6 Å². The number of ether oxygens (including phenoxy) is 1. The summed E-state index contributed by atoms with van der Waals surface area (Å²) < 4.78 is 7.44. The lowest BCUT2D eigenvalue weighted by Gasteiger charge is -2.11. The minimum absolute atomic E-state index is 0.104. The number of aliphatic hydroxyl groups excluding tert-OH is 1. The van der Waals surface area contributed by atoms with Gasteiger partial charge >= 0.3 is 0 Å². The molecular formula is C17H22N2O3. The molecule has 5 heteroatoms. The molecule has 0 aliphatic heterocycles. The number of primary amides is 1. The van der Waals surface area contributed by atoms with Crippen molar-refractivity contribution in [2.24, 2.45) is 5.73 Å². The normalized spacial score (nSPS) is 10.7. The number of methoxy groups -OCH3 is 1. The fourth-order valence-electron chi connectivity index (χ4n) is 2.93. The van der Waals surface area contributed by atoms with Crippen molar-refractivity contribution in [2.75, 3.05) is 13.7 Å². The Morgan fingerprint density at radius 3 is 2.55 bits per heavy atom. The van der Waals surface area contributed by atoms with Crippen molar-refractivity contribution in [3.05, 3.63) is 41.2 Å². The highest BCUT2D eigenvalue weighted by molar-refractivity contribution is 6.02. The molecule has 0 bridgehead atoms. The molecule has 2 aromatic rings. The summed E-state index contributed by atoms with van der Waals surface area (Å²) in [4.78, 5) is 12.0. The molecule has 0 aliphatic rings. The monoisotopic (exact) mass is 302 g/mol. The second-order valence-corrected chi connectivity index (χ2v) is 5.21. The highest BCUT2D eigenvalue weighted by Crippen LogP contribution is 2.37. The molecule has 3 N–H and O–H groups in total. The zero-order valence-corrected chi connectivity index (χ0v) is 13.2. The second kappa shape index (κ2) is 6.66. The molecule has 22 heavy (non-hydrogen) atoms. The first kappa shape index (κ1) is 16.1. The fraction of sp³-hybridized carbons (Fsp3) is 0.353. The lowest BCUT2D eigenvalue weighted by Crippen LogP contribution is -2.13. The predicted molar refractivity (Wildman–Crippen MR) is 86.1 cm³/mol. The molecule has 0 unspecified atom stereocenters. The number of rotatable bonds is 6. The number of hydrogen-bond donors (Lipinski definition) is 2. The number of aromatic nitrogens is 1. The van der Waals surface area contributed by atoms with Gasteiger partial charge in [0.05, 0.1) is 12.7 Å². The summed E-state index contributed by atoms with van der Waals surface area (Å²) in [7, 11) is 1.60. The molecule has 0 spiro atoms. The summed E-state index contributed by atoms with van der Waals surface area (Å²) in [5.41, 5.74) is 9.55. The van der Waals surface area contributed by atoms with E-state index in [-0.39, 0.29) is 6.61 Å². The van der Waals surface area contributed by atoms with Gasteiger partial charge in [-0.25, -0.2) is 0 Å². The Balaban J connectivity index is 2.71. The Labute approximate surface area is 130 Å². The zero-order chi connectivity index (χ0) is 16.3. The summed E-state index contributed by atoms with van der Waals surface area (Å²) in [6, 6.07) is 7.57. The number of hydrogen-bond acceptors (Lipinski definition) is 3. The first-order valence-corrected chi connectivity index (χ1v) is 7.26. The van der Waals surface area contributed by atoms with Gasteiger partial charge in [0.25, 0.3) is 5.91 Å². The van der Waals surface area contributed by atoms with Crippen molar-refractivity contribution in [3.8, 4) is 16.9 Å². The van der Waals surface area contributed by atoms with Crippen molar-refractivity contribution in [3.63, 3.8) is 0 Å². The first-order chi connectivity index (χ1) is 10.5. The molecule has 0 aliphatic carbocycles. The van der Waals surface area contributed by atoms with Gasteiger partial charge in [0.1, 0.15) is 5.75 Å². The lowest BCUT2D eigenvalue weighted by atomic mass is 9.99. The molecule has 1 aromatic heterocycles. The van der Waals surface area contributed by atoms with E-state index >= 15 is 0 Å². The van der Waals surface area contributed by atoms with Crippen molar-refractivity contribution >= 4 is 5.91 Å². The van der Waals surface area contributed by atoms with Gasteiger partial charge in [0.15, 0.2) is 0 Å². The van der Waals surface area contributed by atoms with Crippen LogP contribution < -0.4 is 10.5 Å². The Bertz CT molecular complexity index is 689. The maximum absolute atomic E-state index is 12.0. The molecule has 2 rings (SSSR count). The number of aliphatic hydroxyl groups is 1. The Hall–Kier alpha value is -2.27. The minimum Gasteiger partial charge on any atom is -0.496 e. The molecule has 118 valence electrons. The molecule has 0 atom stereocenters. The number of carbonyl (C=O) groups excluding carboxylic acids is 1. The lowest BCUT2D eigenvalue weighted by molar-refractivity contribution is 0.1000. The van der Waals surface area contributed by atoms with Gasteiger partial charge in [-0.15, -0.1) is 0 Å². The average Bonchev–Trinajstić information content (AvgIpc) is 2.76. The average molecular weight is 302 g/mol. The summed E-state index contributed by atoms with van der Waals surface area (Å²) in [5.74, 6) is 0.247. The van der Waals surface area contributed by atoms with Crippen LogP contribution in [0, 0.1) is 13.8 Å². The number of amides is 1. The van der Waals surface area contributed by atoms with E-state index in [9.17, 15) is 4.79 Å². The molecule has 0 fully saturated rings. The van der Waals surface area contributed by atoms with Crippen molar-refractivity contribution in [1.29, 1.82) is 0 Å². The van der Waals surface area contributed by atoms with Crippen LogP contribution in [0.5, 0.6) is 5.75 Å². The van der Waals surface area contributed by atoms with Gasteiger partial charge in [-0.1, -0.05) is 18.2 Å². The number of nitrogens with two attached hydrogens (primary N) is 1. The third kappa shape index (κ3) is 2.72. The SMILES string of the molecule is COc1ccccc1-c1c(C(N)=O)c(C)n(CCCO)c1C. The quantitative estimate of drug-likeness (QED) is 0.859. The molecule has 0 radical (unpaired) electrons. The van der Waals surface area contributed by atoms with E-state index in [1.54, 1.807) is 7.11 Å². The first-order valence-electron chi connectivity index (χ1n) is 7.26. The van der Waals surface area contributed by atoms with E-state index in [4.69, 9.17) is 15.6 Å². The van der Waals surface area contributed by atoms with Gasteiger partial charge in [-0.2, -0.15) is 0 Å². The van der Waals surface area contributed by atoms with Crippen molar-refractivity contribution in [1.82, 2.24) is 4.57 Å². The van der Waals surface area contributed by atoms with E-state index in [0.717, 1.165) is 22.5 Å². The topological polar surface area (TPSA) is 77.5 Å². The second-order valence-electron chi connectivity index (χ2n) is 5.21. The van der Waals surface area contributed by atoms with Gasteiger partial charge < -0.3 is 20.1 Å². The van der Waals surface area contributed by atoms with Crippen LogP contribution in [-0.2, 0) is 6.54 Å². The van der Waals surface area contributed by atoms with Gasteiger partial charge in [-0.3, -0.25) is 4.79 Å². The predicted octanol–water partition coefficient (Wildman–Crippen LogP) is 2.26. The van der Waals surface area contributed by atoms with E-state index in [1.165, 1.54) is 0 Å². The number of nitrogens with zero attached hydrogens (tertiary/aromatic N) is 1. The van der Waals surface area contributed by atoms with Gasteiger partial charge in [-0.05, 0) is 26.3 Å². The van der Waals surface area contributed by atoms with Crippen molar-refractivity contribution in [2.45, 2.75) is 26.8 Å². The van der Waals surface area contributed by atoms with Crippen LogP contribution in [-0.4, -0.2) is 29.3 Å². The molecule has 0 saturated heterocycles. The van der Waals surface area contributed by atoms with E-state index in [2.05, 4.69) is 0 Å². The van der Waals surface area contributed by atoms with Crippen LogP contribution in [0.2, 0.25) is 0 Å². The van der Waals surface area contributed by atoms with E-state index < -0.39 is 5.91 Å².